The van der Waals surface area contributed by atoms with Crippen molar-refractivity contribution in [2.75, 3.05) is 6.54 Å². The largest absolute Gasteiger partial charge is 0.419 e. The standard InChI is InChI=1S/C11H13F4N/c1-7(6-16)4-8-2-3-10(12)9(5-8)11(13,14)15/h2-3,5,7H,4,6,16H2,1H3. The van der Waals surface area contributed by atoms with Crippen LogP contribution in [0, 0.1) is 11.7 Å². The van der Waals surface area contributed by atoms with Crippen LogP contribution in [0.15, 0.2) is 18.2 Å². The molecule has 1 aromatic rings. The average Bonchev–Trinajstić information content (AvgIpc) is 2.19. The minimum Gasteiger partial charge on any atom is -0.330 e. The van der Waals surface area contributed by atoms with Crippen molar-refractivity contribution in [2.24, 2.45) is 11.7 Å². The van der Waals surface area contributed by atoms with Crippen LogP contribution in [0.3, 0.4) is 0 Å². The molecule has 0 aliphatic carbocycles. The Balaban J connectivity index is 2.99. The maximum absolute atomic E-state index is 12.9. The summed E-state index contributed by atoms with van der Waals surface area (Å²) in [5.74, 6) is -1.16. The lowest BCUT2D eigenvalue weighted by atomic mass is 9.99. The Morgan fingerprint density at radius 3 is 2.44 bits per heavy atom. The van der Waals surface area contributed by atoms with E-state index in [1.54, 1.807) is 0 Å². The Morgan fingerprint density at radius 1 is 1.31 bits per heavy atom. The van der Waals surface area contributed by atoms with Gasteiger partial charge in [0.2, 0.25) is 0 Å². The fraction of sp³-hybridized carbons (Fsp3) is 0.455. The van der Waals surface area contributed by atoms with E-state index in [0.717, 1.165) is 12.1 Å². The summed E-state index contributed by atoms with van der Waals surface area (Å²) in [6, 6.07) is 3.06. The van der Waals surface area contributed by atoms with Crippen LogP contribution >= 0.6 is 0 Å². The van der Waals surface area contributed by atoms with E-state index in [1.165, 1.54) is 6.07 Å². The zero-order chi connectivity index (χ0) is 12.3. The van der Waals surface area contributed by atoms with Crippen LogP contribution in [0.25, 0.3) is 0 Å². The van der Waals surface area contributed by atoms with E-state index in [2.05, 4.69) is 0 Å². The maximum Gasteiger partial charge on any atom is 0.419 e. The van der Waals surface area contributed by atoms with Crippen molar-refractivity contribution in [3.63, 3.8) is 0 Å². The zero-order valence-corrected chi connectivity index (χ0v) is 8.81. The molecule has 1 rings (SSSR count). The molecule has 0 heterocycles. The molecule has 90 valence electrons. The van der Waals surface area contributed by atoms with Gasteiger partial charge in [0.05, 0.1) is 5.56 Å². The first-order valence-corrected chi connectivity index (χ1v) is 4.90. The minimum absolute atomic E-state index is 0.0755. The Hall–Kier alpha value is -1.10. The highest BCUT2D eigenvalue weighted by molar-refractivity contribution is 5.27. The first-order valence-electron chi connectivity index (χ1n) is 4.90. The zero-order valence-electron chi connectivity index (χ0n) is 8.81. The Labute approximate surface area is 91.3 Å². The Bertz CT molecular complexity index is 359. The Kier molecular flexibility index (Phi) is 3.91. The second-order valence-corrected chi connectivity index (χ2v) is 3.86. The number of rotatable bonds is 3. The molecule has 0 amide bonds. The molecule has 0 saturated heterocycles. The lowest BCUT2D eigenvalue weighted by Gasteiger charge is -2.12. The van der Waals surface area contributed by atoms with Gasteiger partial charge in [0, 0.05) is 0 Å². The number of hydrogen-bond donors (Lipinski definition) is 1. The second-order valence-electron chi connectivity index (χ2n) is 3.86. The van der Waals surface area contributed by atoms with Crippen LogP contribution in [0.4, 0.5) is 17.6 Å². The fourth-order valence-electron chi connectivity index (χ4n) is 1.40. The summed E-state index contributed by atoms with van der Waals surface area (Å²) >= 11 is 0. The van der Waals surface area contributed by atoms with Crippen molar-refractivity contribution in [3.8, 4) is 0 Å². The summed E-state index contributed by atoms with van der Waals surface area (Å²) in [5.41, 5.74) is 4.61. The molecule has 0 spiro atoms. The molecule has 5 heteroatoms. The van der Waals surface area contributed by atoms with Crippen molar-refractivity contribution >= 4 is 0 Å². The van der Waals surface area contributed by atoms with Crippen LogP contribution in [-0.2, 0) is 12.6 Å². The van der Waals surface area contributed by atoms with Gasteiger partial charge in [-0.1, -0.05) is 13.0 Å². The van der Waals surface area contributed by atoms with Crippen molar-refractivity contribution in [1.29, 1.82) is 0 Å². The van der Waals surface area contributed by atoms with Gasteiger partial charge in [-0.25, -0.2) is 4.39 Å². The summed E-state index contributed by atoms with van der Waals surface area (Å²) < 4.78 is 50.1. The molecule has 0 radical (unpaired) electrons. The summed E-state index contributed by atoms with van der Waals surface area (Å²) in [6.07, 6.45) is -4.23. The third-order valence-corrected chi connectivity index (χ3v) is 2.32. The minimum atomic E-state index is -4.65. The number of nitrogens with two attached hydrogens (primary N) is 1. The quantitative estimate of drug-likeness (QED) is 0.801. The molecule has 0 saturated carbocycles. The highest BCUT2D eigenvalue weighted by Crippen LogP contribution is 2.32. The number of alkyl halides is 3. The van der Waals surface area contributed by atoms with Gasteiger partial charge >= 0.3 is 6.18 Å². The number of halogens is 4. The summed E-state index contributed by atoms with van der Waals surface area (Å²) in [5, 5.41) is 0. The summed E-state index contributed by atoms with van der Waals surface area (Å²) in [7, 11) is 0. The van der Waals surface area contributed by atoms with E-state index in [4.69, 9.17) is 5.73 Å². The van der Waals surface area contributed by atoms with Gasteiger partial charge in [-0.2, -0.15) is 13.2 Å². The highest BCUT2D eigenvalue weighted by Gasteiger charge is 2.34. The van der Waals surface area contributed by atoms with Crippen LogP contribution < -0.4 is 5.73 Å². The van der Waals surface area contributed by atoms with Crippen LogP contribution in [0.2, 0.25) is 0 Å². The third-order valence-electron chi connectivity index (χ3n) is 2.32. The molecule has 0 aromatic heterocycles. The van der Waals surface area contributed by atoms with Gasteiger partial charge in [0.1, 0.15) is 5.82 Å². The molecular formula is C11H13F4N. The van der Waals surface area contributed by atoms with Gasteiger partial charge in [0.15, 0.2) is 0 Å². The van der Waals surface area contributed by atoms with E-state index < -0.39 is 17.6 Å². The van der Waals surface area contributed by atoms with Crippen molar-refractivity contribution in [3.05, 3.63) is 35.1 Å². The lowest BCUT2D eigenvalue weighted by molar-refractivity contribution is -0.140. The van der Waals surface area contributed by atoms with Gasteiger partial charge < -0.3 is 5.73 Å². The predicted molar refractivity (Wildman–Crippen MR) is 53.3 cm³/mol. The van der Waals surface area contributed by atoms with Gasteiger partial charge in [-0.05, 0) is 36.6 Å². The van der Waals surface area contributed by atoms with Crippen LogP contribution in [0.1, 0.15) is 18.1 Å². The number of benzene rings is 1. The molecule has 0 aliphatic heterocycles. The first-order chi connectivity index (χ1) is 7.34. The molecule has 1 nitrogen and oxygen atoms in total. The molecule has 0 aliphatic rings. The molecule has 1 aromatic carbocycles. The monoisotopic (exact) mass is 235 g/mol. The third kappa shape index (κ3) is 3.20. The van der Waals surface area contributed by atoms with E-state index in [-0.39, 0.29) is 5.92 Å². The van der Waals surface area contributed by atoms with Crippen LogP contribution in [0.5, 0.6) is 0 Å². The van der Waals surface area contributed by atoms with E-state index in [1.807, 2.05) is 6.92 Å². The predicted octanol–water partition coefficient (Wildman–Crippen LogP) is 2.98. The van der Waals surface area contributed by atoms with Gasteiger partial charge in [0.25, 0.3) is 0 Å². The van der Waals surface area contributed by atoms with E-state index >= 15 is 0 Å². The van der Waals surface area contributed by atoms with Crippen LogP contribution in [-0.4, -0.2) is 6.54 Å². The topological polar surface area (TPSA) is 26.0 Å². The molecule has 1 unspecified atom stereocenters. The highest BCUT2D eigenvalue weighted by atomic mass is 19.4. The summed E-state index contributed by atoms with van der Waals surface area (Å²) in [6.45, 7) is 2.22. The first kappa shape index (κ1) is 13.0. The maximum atomic E-state index is 12.9. The molecule has 2 N–H and O–H groups in total. The fourth-order valence-corrected chi connectivity index (χ4v) is 1.40. The molecule has 16 heavy (non-hydrogen) atoms. The number of hydrogen-bond acceptors (Lipinski definition) is 1. The van der Waals surface area contributed by atoms with E-state index in [9.17, 15) is 17.6 Å². The van der Waals surface area contributed by atoms with E-state index in [0.29, 0.717) is 18.5 Å². The molecule has 1 atom stereocenters. The van der Waals surface area contributed by atoms with Gasteiger partial charge in [-0.15, -0.1) is 0 Å². The molecular weight excluding hydrogens is 222 g/mol. The Morgan fingerprint density at radius 2 is 1.94 bits per heavy atom. The average molecular weight is 235 g/mol. The smallest absolute Gasteiger partial charge is 0.330 e. The van der Waals surface area contributed by atoms with Crippen molar-refractivity contribution < 1.29 is 17.6 Å². The lowest BCUT2D eigenvalue weighted by Crippen LogP contribution is -2.14. The molecule has 0 fully saturated rings. The summed E-state index contributed by atoms with van der Waals surface area (Å²) in [4.78, 5) is 0. The second kappa shape index (κ2) is 4.82. The van der Waals surface area contributed by atoms with Gasteiger partial charge in [-0.3, -0.25) is 0 Å². The van der Waals surface area contributed by atoms with Crippen molar-refractivity contribution in [1.82, 2.24) is 0 Å². The normalized spacial score (nSPS) is 13.9. The molecule has 0 bridgehead atoms. The van der Waals surface area contributed by atoms with Crippen molar-refractivity contribution in [2.45, 2.75) is 19.5 Å². The SMILES string of the molecule is CC(CN)Cc1ccc(F)c(C(F)(F)F)c1.